The number of carbonyl (C=O) groups is 2. The van der Waals surface area contributed by atoms with E-state index in [-0.39, 0.29) is 5.91 Å². The van der Waals surface area contributed by atoms with E-state index in [1.165, 1.54) is 7.05 Å². The van der Waals surface area contributed by atoms with Crippen LogP contribution in [0.4, 0.5) is 4.79 Å². The second-order valence-corrected chi connectivity index (χ2v) is 5.52. The molecule has 0 aromatic heterocycles. The van der Waals surface area contributed by atoms with E-state index in [9.17, 15) is 9.59 Å². The molecule has 132 valence electrons. The summed E-state index contributed by atoms with van der Waals surface area (Å²) in [5.74, 6) is 0.398. The highest BCUT2D eigenvalue weighted by atomic mass is 16.5. The number of benzene rings is 2. The van der Waals surface area contributed by atoms with Crippen LogP contribution in [0.3, 0.4) is 0 Å². The van der Waals surface area contributed by atoms with Crippen molar-refractivity contribution in [3.8, 4) is 5.75 Å². The summed E-state index contributed by atoms with van der Waals surface area (Å²) in [5, 5.41) is 4.74. The van der Waals surface area contributed by atoms with Gasteiger partial charge in [0.25, 0.3) is 0 Å². The number of para-hydroxylation sites is 1. The fourth-order valence-corrected chi connectivity index (χ4v) is 2.44. The lowest BCUT2D eigenvalue weighted by molar-refractivity contribution is -0.125. The molecule has 2 aromatic carbocycles. The van der Waals surface area contributed by atoms with Crippen molar-refractivity contribution < 1.29 is 14.3 Å². The van der Waals surface area contributed by atoms with Crippen molar-refractivity contribution in [2.75, 3.05) is 27.2 Å². The van der Waals surface area contributed by atoms with Gasteiger partial charge in [-0.3, -0.25) is 15.0 Å². The number of carbonyl (C=O) groups excluding carboxylic acids is 2. The van der Waals surface area contributed by atoms with E-state index in [0.717, 1.165) is 11.3 Å². The van der Waals surface area contributed by atoms with Gasteiger partial charge in [-0.2, -0.15) is 0 Å². The second-order valence-electron chi connectivity index (χ2n) is 5.52. The lowest BCUT2D eigenvalue weighted by atomic mass is 10.0. The third-order valence-electron chi connectivity index (χ3n) is 3.72. The zero-order chi connectivity index (χ0) is 18.1. The summed E-state index contributed by atoms with van der Waals surface area (Å²) >= 11 is 0. The Morgan fingerprint density at radius 2 is 1.64 bits per heavy atom. The van der Waals surface area contributed by atoms with Crippen LogP contribution in [-0.2, 0) is 4.79 Å². The minimum absolute atomic E-state index is 0.382. The summed E-state index contributed by atoms with van der Waals surface area (Å²) in [7, 11) is 3.30. The molecule has 0 saturated carbocycles. The summed E-state index contributed by atoms with van der Waals surface area (Å²) in [6.45, 7) is 0.951. The first kappa shape index (κ1) is 18.5. The molecule has 0 saturated heterocycles. The van der Waals surface area contributed by atoms with Crippen molar-refractivity contribution in [2.45, 2.75) is 6.04 Å². The molecule has 0 fully saturated rings. The lowest BCUT2D eigenvalue weighted by Crippen LogP contribution is -2.45. The van der Waals surface area contributed by atoms with Gasteiger partial charge < -0.3 is 10.1 Å². The maximum atomic E-state index is 12.5. The van der Waals surface area contributed by atoms with Gasteiger partial charge >= 0.3 is 6.03 Å². The van der Waals surface area contributed by atoms with Crippen LogP contribution in [0.25, 0.3) is 0 Å². The predicted octanol–water partition coefficient (Wildman–Crippen LogP) is 2.19. The van der Waals surface area contributed by atoms with Gasteiger partial charge in [-0.05, 0) is 24.7 Å². The molecule has 0 aliphatic rings. The van der Waals surface area contributed by atoms with Crippen LogP contribution in [0, 0.1) is 0 Å². The topological polar surface area (TPSA) is 70.7 Å². The van der Waals surface area contributed by atoms with Crippen LogP contribution < -0.4 is 15.4 Å². The molecule has 0 radical (unpaired) electrons. The molecule has 0 aliphatic carbocycles. The zero-order valence-corrected chi connectivity index (χ0v) is 14.4. The van der Waals surface area contributed by atoms with Crippen molar-refractivity contribution in [3.05, 3.63) is 66.2 Å². The SMILES string of the molecule is CNC(=O)NC(=O)C(c1ccccc1)N(C)CCOc1ccccc1. The lowest BCUT2D eigenvalue weighted by Gasteiger charge is -2.27. The number of nitrogens with zero attached hydrogens (tertiary/aromatic N) is 1. The molecule has 1 atom stereocenters. The smallest absolute Gasteiger partial charge is 0.321 e. The summed E-state index contributed by atoms with van der Waals surface area (Å²) in [6, 6.07) is 17.7. The van der Waals surface area contributed by atoms with Crippen LogP contribution in [0.5, 0.6) is 5.75 Å². The predicted molar refractivity (Wildman–Crippen MR) is 96.3 cm³/mol. The van der Waals surface area contributed by atoms with Gasteiger partial charge in [0, 0.05) is 13.6 Å². The number of amides is 3. The first-order valence-corrected chi connectivity index (χ1v) is 8.07. The van der Waals surface area contributed by atoms with E-state index in [4.69, 9.17) is 4.74 Å². The number of likely N-dealkylation sites (N-methyl/N-ethyl adjacent to an activating group) is 1. The second kappa shape index (κ2) is 9.44. The van der Waals surface area contributed by atoms with Crippen molar-refractivity contribution >= 4 is 11.9 Å². The van der Waals surface area contributed by atoms with Crippen molar-refractivity contribution in [1.29, 1.82) is 0 Å². The molecule has 2 aromatic rings. The van der Waals surface area contributed by atoms with Crippen LogP contribution in [0.2, 0.25) is 0 Å². The number of imide groups is 1. The van der Waals surface area contributed by atoms with Crippen LogP contribution >= 0.6 is 0 Å². The highest BCUT2D eigenvalue weighted by Crippen LogP contribution is 2.19. The molecule has 2 N–H and O–H groups in total. The van der Waals surface area contributed by atoms with Crippen LogP contribution in [0.15, 0.2) is 60.7 Å². The van der Waals surface area contributed by atoms with E-state index < -0.39 is 12.1 Å². The Bertz CT molecular complexity index is 677. The standard InChI is InChI=1S/C19H23N3O3/c1-20-19(24)21-18(23)17(15-9-5-3-6-10-15)22(2)13-14-25-16-11-7-4-8-12-16/h3-12,17H,13-14H2,1-2H3,(H2,20,21,23,24). The van der Waals surface area contributed by atoms with Gasteiger partial charge in [-0.15, -0.1) is 0 Å². The Balaban J connectivity index is 2.03. The Morgan fingerprint density at radius 1 is 1.04 bits per heavy atom. The van der Waals surface area contributed by atoms with Gasteiger partial charge in [0.1, 0.15) is 18.4 Å². The Morgan fingerprint density at radius 3 is 2.24 bits per heavy atom. The summed E-state index contributed by atoms with van der Waals surface area (Å²) in [6.07, 6.45) is 0. The number of hydrogen-bond acceptors (Lipinski definition) is 4. The molecular weight excluding hydrogens is 318 g/mol. The van der Waals surface area contributed by atoms with Gasteiger partial charge in [0.15, 0.2) is 0 Å². The highest BCUT2D eigenvalue weighted by Gasteiger charge is 2.26. The van der Waals surface area contributed by atoms with Crippen LogP contribution in [-0.4, -0.2) is 44.1 Å². The zero-order valence-electron chi connectivity index (χ0n) is 14.4. The quantitative estimate of drug-likeness (QED) is 0.810. The fourth-order valence-electron chi connectivity index (χ4n) is 2.44. The molecule has 0 bridgehead atoms. The average molecular weight is 341 g/mol. The maximum absolute atomic E-state index is 12.5. The van der Waals surface area contributed by atoms with E-state index in [1.807, 2.05) is 72.6 Å². The summed E-state index contributed by atoms with van der Waals surface area (Å²) in [4.78, 5) is 25.9. The number of nitrogens with one attached hydrogen (secondary N) is 2. The maximum Gasteiger partial charge on any atom is 0.321 e. The molecule has 0 heterocycles. The highest BCUT2D eigenvalue weighted by molar-refractivity contribution is 5.97. The van der Waals surface area contributed by atoms with Gasteiger partial charge in [0.05, 0.1) is 0 Å². The molecule has 6 nitrogen and oxygen atoms in total. The van der Waals surface area contributed by atoms with Gasteiger partial charge in [0.2, 0.25) is 5.91 Å². The van der Waals surface area contributed by atoms with Gasteiger partial charge in [-0.1, -0.05) is 48.5 Å². The monoisotopic (exact) mass is 341 g/mol. The minimum atomic E-state index is -0.585. The Hall–Kier alpha value is -2.86. The molecule has 0 aliphatic heterocycles. The normalized spacial score (nSPS) is 11.6. The molecule has 2 rings (SSSR count). The van der Waals surface area contributed by atoms with E-state index >= 15 is 0 Å². The fraction of sp³-hybridized carbons (Fsp3) is 0.263. The number of hydrogen-bond donors (Lipinski definition) is 2. The Labute approximate surface area is 147 Å². The summed E-state index contributed by atoms with van der Waals surface area (Å²) < 4.78 is 5.69. The van der Waals surface area contributed by atoms with E-state index in [1.54, 1.807) is 0 Å². The molecule has 3 amide bonds. The molecule has 0 spiro atoms. The van der Waals surface area contributed by atoms with Gasteiger partial charge in [-0.25, -0.2) is 4.79 Å². The first-order chi connectivity index (χ1) is 12.1. The van der Waals surface area contributed by atoms with Crippen molar-refractivity contribution in [3.63, 3.8) is 0 Å². The third-order valence-corrected chi connectivity index (χ3v) is 3.72. The minimum Gasteiger partial charge on any atom is -0.492 e. The molecule has 1 unspecified atom stereocenters. The van der Waals surface area contributed by atoms with E-state index in [0.29, 0.717) is 13.2 Å². The average Bonchev–Trinajstić information content (AvgIpc) is 2.63. The summed E-state index contributed by atoms with van der Waals surface area (Å²) in [5.41, 5.74) is 0.811. The number of urea groups is 1. The molecule has 25 heavy (non-hydrogen) atoms. The van der Waals surface area contributed by atoms with Crippen molar-refractivity contribution in [2.24, 2.45) is 0 Å². The van der Waals surface area contributed by atoms with Crippen LogP contribution in [0.1, 0.15) is 11.6 Å². The third kappa shape index (κ3) is 5.61. The first-order valence-electron chi connectivity index (χ1n) is 8.07. The largest absolute Gasteiger partial charge is 0.492 e. The molecular formula is C19H23N3O3. The van der Waals surface area contributed by atoms with E-state index in [2.05, 4.69) is 10.6 Å². The van der Waals surface area contributed by atoms with Crippen molar-refractivity contribution in [1.82, 2.24) is 15.5 Å². The number of rotatable bonds is 7. The number of ether oxygens (including phenoxy) is 1. The Kier molecular flexibility index (Phi) is 6.98. The molecule has 6 heteroatoms.